The molecule has 1 amide bonds. The lowest BCUT2D eigenvalue weighted by Gasteiger charge is -2.29. The number of nitrogens with zero attached hydrogens (tertiary/aromatic N) is 10. The average Bonchev–Trinajstić information content (AvgIpc) is 3.91. The first-order valence-electron chi connectivity index (χ1n) is 21.1. The van der Waals surface area contributed by atoms with E-state index >= 15 is 0 Å². The van der Waals surface area contributed by atoms with Crippen molar-refractivity contribution in [3.05, 3.63) is 130 Å². The summed E-state index contributed by atoms with van der Waals surface area (Å²) in [6.07, 6.45) is 4.20. The van der Waals surface area contributed by atoms with Gasteiger partial charge in [0.15, 0.2) is 5.69 Å². The molecule has 2 aromatic carbocycles. The summed E-state index contributed by atoms with van der Waals surface area (Å²) in [6, 6.07) is 13.4. The van der Waals surface area contributed by atoms with Gasteiger partial charge in [-0.15, -0.1) is 12.4 Å². The summed E-state index contributed by atoms with van der Waals surface area (Å²) in [5, 5.41) is 20.9. The Kier molecular flexibility index (Phi) is 17.8. The number of hydrazone groups is 2. The highest BCUT2D eigenvalue weighted by Crippen LogP contribution is 2.30. The predicted molar refractivity (Wildman–Crippen MR) is 250 cm³/mol. The maximum atomic E-state index is 14.7. The predicted octanol–water partition coefficient (Wildman–Crippen LogP) is 6.37. The van der Waals surface area contributed by atoms with Gasteiger partial charge in [0.25, 0.3) is 5.91 Å². The number of rotatable bonds is 11. The van der Waals surface area contributed by atoms with Gasteiger partial charge in [0.2, 0.25) is 0 Å². The molecule has 0 saturated heterocycles. The Morgan fingerprint density at radius 3 is 1.45 bits per heavy atom. The maximum absolute atomic E-state index is 14.7. The van der Waals surface area contributed by atoms with Crippen LogP contribution in [-0.4, -0.2) is 111 Å². The highest BCUT2D eigenvalue weighted by atomic mass is 35.5. The van der Waals surface area contributed by atoms with Crippen molar-refractivity contribution in [2.75, 3.05) is 36.2 Å². The Hall–Kier alpha value is -7.25. The number of carbonyl (C=O) groups is 2. The number of hydrogen-bond acceptors (Lipinski definition) is 13. The fourth-order valence-corrected chi connectivity index (χ4v) is 8.48. The zero-order valence-electron chi connectivity index (χ0n) is 38.2. The van der Waals surface area contributed by atoms with Crippen molar-refractivity contribution in [3.8, 4) is 0 Å². The van der Waals surface area contributed by atoms with Gasteiger partial charge in [-0.2, -0.15) is 53.4 Å². The van der Waals surface area contributed by atoms with Crippen LogP contribution in [0.25, 0.3) is 11.3 Å². The molecule has 0 atom stereocenters. The number of aromatic carboxylic acids is 1. The highest BCUT2D eigenvalue weighted by molar-refractivity contribution is 7.90. The number of anilines is 2. The molecule has 8 rings (SSSR count). The van der Waals surface area contributed by atoms with E-state index < -0.39 is 79.3 Å². The smallest absolute Gasteiger partial charge is 0.477 e. The van der Waals surface area contributed by atoms with E-state index in [1.165, 1.54) is 57.3 Å². The summed E-state index contributed by atoms with van der Waals surface area (Å²) in [5.74, 6) is -4.09. The summed E-state index contributed by atoms with van der Waals surface area (Å²) in [4.78, 5) is 32.2. The Morgan fingerprint density at radius 2 is 1.07 bits per heavy atom. The second-order valence-corrected chi connectivity index (χ2v) is 19.0. The number of nitrogens with one attached hydrogen (secondary N) is 1. The molecule has 6 aromatic rings. The number of imidazole rings is 2. The number of aromatic nitrogens is 4. The number of sulfonamides is 2. The van der Waals surface area contributed by atoms with E-state index in [0.717, 1.165) is 28.5 Å². The molecule has 6 heterocycles. The molecule has 4 N–H and O–H groups in total. The van der Waals surface area contributed by atoms with E-state index in [9.17, 15) is 70.3 Å². The largest absolute Gasteiger partial charge is 0.516 e. The van der Waals surface area contributed by atoms with Gasteiger partial charge in [0, 0.05) is 25.5 Å². The minimum atomic E-state index is -5.58. The Bertz CT molecular complexity index is 3340. The molecule has 0 radical (unpaired) electrons. The van der Waals surface area contributed by atoms with E-state index in [-0.39, 0.29) is 70.0 Å². The van der Waals surface area contributed by atoms with Gasteiger partial charge in [-0.25, -0.2) is 40.9 Å². The molecule has 400 valence electrons. The fraction of sp³-hybridized carbons (Fsp3) is 0.286. The Labute approximate surface area is 419 Å². The van der Waals surface area contributed by atoms with Crippen molar-refractivity contribution in [1.29, 1.82) is 0 Å². The van der Waals surface area contributed by atoms with Crippen molar-refractivity contribution in [2.45, 2.75) is 50.8 Å². The van der Waals surface area contributed by atoms with E-state index in [1.54, 1.807) is 13.0 Å². The molecular formula is C42H41ClF10N12O7S2. The standard InChI is InChI=1S/C21H19F5N6O3S.C11H12F4N4O2S.C10H9FN2O2.ClH/c1-2-16-19(31-11-14(22)4-6-18(31)29-16)20(33)27-10-13-3-5-17(15(23)9-13)32-8-7-30(12-28-32)36(34,35)21(24,25)26;12-9-5-8(6-16)1-2-10(9)19-4-3-18(7-17-19)22(20,21)11(13,14)15;1-2-7-9(10(14)15)13-5-6(11)3-4-8(13)12-7;/h3-6,9,11-12H,2,7-8,10H2,1H3,(H,27,33);1-2,5,7H,3-4,6,16H2;3-5H,2H2,1H3,(H,14,15);1H. The number of hydrogen-bond donors (Lipinski definition) is 3. The first-order chi connectivity index (χ1) is 34.2. The molecular weight excluding hydrogens is 1070 g/mol. The number of pyridine rings is 2. The number of fused-ring (bicyclic) bond motifs is 2. The molecule has 0 fully saturated rings. The summed E-state index contributed by atoms with van der Waals surface area (Å²) in [5.41, 5.74) is -2.70. The van der Waals surface area contributed by atoms with Gasteiger partial charge >= 0.3 is 37.0 Å². The van der Waals surface area contributed by atoms with Crippen molar-refractivity contribution >= 4 is 79.7 Å². The summed E-state index contributed by atoms with van der Waals surface area (Å²) >= 11 is 0. The number of carboxylic acid groups (broad SMARTS) is 1. The quantitative estimate of drug-likeness (QED) is 0.120. The zero-order valence-corrected chi connectivity index (χ0v) is 40.6. The second-order valence-electron chi connectivity index (χ2n) is 15.3. The van der Waals surface area contributed by atoms with Crippen LogP contribution in [0.2, 0.25) is 0 Å². The van der Waals surface area contributed by atoms with Crippen LogP contribution in [0.3, 0.4) is 0 Å². The number of aryl methyl sites for hydroxylation is 2. The van der Waals surface area contributed by atoms with Gasteiger partial charge < -0.3 is 16.2 Å². The molecule has 32 heteroatoms. The first-order valence-corrected chi connectivity index (χ1v) is 24.0. The van der Waals surface area contributed by atoms with Crippen molar-refractivity contribution in [2.24, 2.45) is 15.9 Å². The molecule has 0 bridgehead atoms. The monoisotopic (exact) mass is 1110 g/mol. The number of halogens is 11. The lowest BCUT2D eigenvalue weighted by atomic mass is 10.1. The SMILES string of the molecule is CCc1nc2ccc(F)cn2c1C(=O)NCc1ccc(N2CCN(S(=O)(=O)C(F)(F)F)C=N2)c(F)c1.CCc1nc2ccc(F)cn2c1C(=O)O.Cl.NCc1ccc(N2CCN(S(=O)(=O)C(F)(F)F)C=N2)c(F)c1. The molecule has 2 aliphatic heterocycles. The zero-order chi connectivity index (χ0) is 53.8. The van der Waals surface area contributed by atoms with Crippen LogP contribution in [0, 0.1) is 23.3 Å². The van der Waals surface area contributed by atoms with Gasteiger partial charge in [-0.3, -0.25) is 23.6 Å². The van der Waals surface area contributed by atoms with Gasteiger partial charge in [0.1, 0.15) is 52.9 Å². The third-order valence-electron chi connectivity index (χ3n) is 10.6. The lowest BCUT2D eigenvalue weighted by Crippen LogP contribution is -2.46. The highest BCUT2D eigenvalue weighted by Gasteiger charge is 2.51. The van der Waals surface area contributed by atoms with E-state index in [2.05, 4.69) is 25.5 Å². The van der Waals surface area contributed by atoms with Crippen LogP contribution in [0.5, 0.6) is 0 Å². The van der Waals surface area contributed by atoms with Crippen LogP contribution in [0.15, 0.2) is 83.3 Å². The third kappa shape index (κ3) is 12.4. The number of amides is 1. The number of alkyl halides is 6. The number of carbonyl (C=O) groups excluding carboxylic acids is 1. The molecule has 0 spiro atoms. The topological polar surface area (TPSA) is 233 Å². The average molecular weight is 1120 g/mol. The molecule has 0 saturated carbocycles. The van der Waals surface area contributed by atoms with E-state index in [4.69, 9.17) is 10.8 Å². The first kappa shape index (κ1) is 57.6. The molecule has 0 aliphatic carbocycles. The van der Waals surface area contributed by atoms with Crippen molar-refractivity contribution in [1.82, 2.24) is 32.7 Å². The van der Waals surface area contributed by atoms with Crippen LogP contribution in [0.1, 0.15) is 57.3 Å². The summed E-state index contributed by atoms with van der Waals surface area (Å²) in [6.45, 7) is 2.05. The van der Waals surface area contributed by atoms with E-state index in [1.807, 2.05) is 6.92 Å². The molecule has 19 nitrogen and oxygen atoms in total. The summed E-state index contributed by atoms with van der Waals surface area (Å²) < 4.78 is 179. The molecule has 4 aromatic heterocycles. The van der Waals surface area contributed by atoms with Crippen molar-refractivity contribution in [3.63, 3.8) is 0 Å². The number of carboxylic acids is 1. The number of benzene rings is 2. The Balaban J connectivity index is 0.000000226. The van der Waals surface area contributed by atoms with E-state index in [0.29, 0.717) is 59.3 Å². The van der Waals surface area contributed by atoms with Gasteiger partial charge in [0.05, 0.1) is 48.9 Å². The number of nitrogens with two attached hydrogens (primary N) is 1. The fourth-order valence-electron chi connectivity index (χ4n) is 6.97. The van der Waals surface area contributed by atoms with Crippen LogP contribution in [-0.2, 0) is 46.0 Å². The molecule has 2 aliphatic rings. The van der Waals surface area contributed by atoms with Crippen molar-refractivity contribution < 1.29 is 75.4 Å². The van der Waals surface area contributed by atoms with Crippen LogP contribution in [0.4, 0.5) is 55.3 Å². The van der Waals surface area contributed by atoms with Crippen LogP contribution >= 0.6 is 12.4 Å². The Morgan fingerprint density at radius 1 is 0.649 bits per heavy atom. The minimum Gasteiger partial charge on any atom is -0.477 e. The summed E-state index contributed by atoms with van der Waals surface area (Å²) in [7, 11) is -11.1. The lowest BCUT2D eigenvalue weighted by molar-refractivity contribution is -0.0477. The molecule has 0 unspecified atom stereocenters. The maximum Gasteiger partial charge on any atom is 0.516 e. The third-order valence-corrected chi connectivity index (χ3v) is 13.5. The second kappa shape index (κ2) is 22.9. The minimum absolute atomic E-state index is 0. The van der Waals surface area contributed by atoms with Crippen LogP contribution < -0.4 is 21.1 Å². The van der Waals surface area contributed by atoms with Gasteiger partial charge in [-0.1, -0.05) is 26.0 Å². The molecule has 74 heavy (non-hydrogen) atoms. The van der Waals surface area contributed by atoms with Gasteiger partial charge in [-0.05, 0) is 72.5 Å². The normalized spacial score (nSPS) is 14.1.